The lowest BCUT2D eigenvalue weighted by Crippen LogP contribution is -1.97. The highest BCUT2D eigenvalue weighted by Crippen LogP contribution is 2.25. The first kappa shape index (κ1) is 14.1. The molecule has 0 fully saturated rings. The Morgan fingerprint density at radius 1 is 1.24 bits per heavy atom. The third kappa shape index (κ3) is 3.25. The molecule has 0 aliphatic rings. The summed E-state index contributed by atoms with van der Waals surface area (Å²) in [5.41, 5.74) is 0.916. The van der Waals surface area contributed by atoms with Crippen LogP contribution in [0.15, 0.2) is 46.0 Å². The van der Waals surface area contributed by atoms with Crippen molar-refractivity contribution in [2.45, 2.75) is 5.16 Å². The van der Waals surface area contributed by atoms with E-state index in [1.165, 1.54) is 0 Å². The maximum atomic E-state index is 10.5. The van der Waals surface area contributed by atoms with Crippen LogP contribution in [0.5, 0.6) is 0 Å². The Hall–Kier alpha value is -1.86. The zero-order chi connectivity index (χ0) is 14.8. The van der Waals surface area contributed by atoms with E-state index in [-0.39, 0.29) is 5.75 Å². The molecule has 106 valence electrons. The van der Waals surface area contributed by atoms with Gasteiger partial charge in [-0.15, -0.1) is 5.10 Å². The van der Waals surface area contributed by atoms with Gasteiger partial charge >= 0.3 is 5.97 Å². The summed E-state index contributed by atoms with van der Waals surface area (Å²) in [6.07, 6.45) is 0. The number of fused-ring (bicyclic) bond motifs is 1. The molecule has 21 heavy (non-hydrogen) atoms. The topological polar surface area (TPSA) is 78.9 Å². The molecular weight excluding hydrogens is 354 g/mol. The average Bonchev–Trinajstić information content (AvgIpc) is 2.93. The number of aromatic amines is 1. The second kappa shape index (κ2) is 5.87. The number of nitrogens with one attached hydrogen (secondary N) is 1. The van der Waals surface area contributed by atoms with Crippen molar-refractivity contribution in [3.05, 3.63) is 40.9 Å². The third-order valence-electron chi connectivity index (χ3n) is 2.87. The fraction of sp³-hybridized carbons (Fsp3) is 0.0714. The normalized spacial score (nSPS) is 10.9. The van der Waals surface area contributed by atoms with Gasteiger partial charge in [0.05, 0.1) is 5.75 Å². The number of hydrogen-bond donors (Lipinski definition) is 2. The molecule has 3 aromatic rings. The smallest absolute Gasteiger partial charge is 0.313 e. The number of carboxylic acid groups (broad SMARTS) is 1. The van der Waals surface area contributed by atoms with Crippen LogP contribution in [0.4, 0.5) is 0 Å². The molecule has 0 bridgehead atoms. The van der Waals surface area contributed by atoms with Crippen molar-refractivity contribution >= 4 is 44.4 Å². The van der Waals surface area contributed by atoms with Gasteiger partial charge in [0, 0.05) is 10.0 Å². The molecule has 0 spiro atoms. The monoisotopic (exact) mass is 363 g/mol. The number of aromatic nitrogens is 3. The quantitative estimate of drug-likeness (QED) is 0.692. The standard InChI is InChI=1S/C14H10BrN3O2S/c15-11-4-3-8-5-10(2-1-9(8)6-11)13-16-14(18-17-13)21-7-12(19)20/h1-6H,7H2,(H,19,20)(H,16,17,18). The van der Waals surface area contributed by atoms with E-state index in [0.29, 0.717) is 11.0 Å². The predicted octanol–water partition coefficient (Wildman–Crippen LogP) is 3.56. The molecule has 2 aromatic carbocycles. The molecule has 0 amide bonds. The Morgan fingerprint density at radius 2 is 2.00 bits per heavy atom. The molecule has 0 saturated heterocycles. The van der Waals surface area contributed by atoms with Gasteiger partial charge in [0.15, 0.2) is 5.82 Å². The van der Waals surface area contributed by atoms with Crippen LogP contribution in [0.25, 0.3) is 22.2 Å². The van der Waals surface area contributed by atoms with Crippen LogP contribution in [0, 0.1) is 0 Å². The first-order chi connectivity index (χ1) is 10.1. The van der Waals surface area contributed by atoms with E-state index in [2.05, 4.69) is 31.1 Å². The number of rotatable bonds is 4. The van der Waals surface area contributed by atoms with Gasteiger partial charge in [-0.2, -0.15) is 0 Å². The number of carbonyl (C=O) groups is 1. The maximum Gasteiger partial charge on any atom is 0.313 e. The highest BCUT2D eigenvalue weighted by Gasteiger charge is 2.08. The summed E-state index contributed by atoms with van der Waals surface area (Å²) in [6, 6.07) is 12.1. The number of H-pyrrole nitrogens is 1. The van der Waals surface area contributed by atoms with Crippen LogP contribution in [0.1, 0.15) is 0 Å². The van der Waals surface area contributed by atoms with Gasteiger partial charge in [0.2, 0.25) is 5.16 Å². The first-order valence-electron chi connectivity index (χ1n) is 6.08. The van der Waals surface area contributed by atoms with Crippen molar-refractivity contribution in [1.29, 1.82) is 0 Å². The molecule has 1 heterocycles. The molecule has 0 unspecified atom stereocenters. The summed E-state index contributed by atoms with van der Waals surface area (Å²) < 4.78 is 1.04. The van der Waals surface area contributed by atoms with Crippen LogP contribution < -0.4 is 0 Å². The van der Waals surface area contributed by atoms with E-state index < -0.39 is 5.97 Å². The summed E-state index contributed by atoms with van der Waals surface area (Å²) >= 11 is 4.54. The molecule has 2 N–H and O–H groups in total. The Balaban J connectivity index is 1.89. The third-order valence-corrected chi connectivity index (χ3v) is 4.19. The number of aliphatic carboxylic acids is 1. The van der Waals surface area contributed by atoms with Crippen LogP contribution in [0.2, 0.25) is 0 Å². The molecule has 0 radical (unpaired) electrons. The molecular formula is C14H10BrN3O2S. The molecule has 0 atom stereocenters. The van der Waals surface area contributed by atoms with E-state index >= 15 is 0 Å². The lowest BCUT2D eigenvalue weighted by molar-refractivity contribution is -0.133. The van der Waals surface area contributed by atoms with Gasteiger partial charge in [0.25, 0.3) is 0 Å². The summed E-state index contributed by atoms with van der Waals surface area (Å²) in [4.78, 5) is 14.8. The van der Waals surface area contributed by atoms with Gasteiger partial charge in [0.1, 0.15) is 0 Å². The molecule has 5 nitrogen and oxygen atoms in total. The summed E-state index contributed by atoms with van der Waals surface area (Å²) in [5, 5.41) is 18.2. The van der Waals surface area contributed by atoms with Crippen molar-refractivity contribution in [2.24, 2.45) is 0 Å². The zero-order valence-corrected chi connectivity index (χ0v) is 13.1. The van der Waals surface area contributed by atoms with Gasteiger partial charge in [-0.05, 0) is 29.0 Å². The van der Waals surface area contributed by atoms with Crippen LogP contribution in [-0.4, -0.2) is 32.0 Å². The first-order valence-corrected chi connectivity index (χ1v) is 7.86. The number of benzene rings is 2. The van der Waals surface area contributed by atoms with Crippen LogP contribution in [-0.2, 0) is 4.79 Å². The van der Waals surface area contributed by atoms with Crippen LogP contribution in [0.3, 0.4) is 0 Å². The summed E-state index contributed by atoms with van der Waals surface area (Å²) in [7, 11) is 0. The molecule has 0 aliphatic carbocycles. The van der Waals surface area contributed by atoms with Gasteiger partial charge in [-0.1, -0.05) is 45.9 Å². The summed E-state index contributed by atoms with van der Waals surface area (Å²) in [5.74, 6) is -0.307. The van der Waals surface area contributed by atoms with E-state index in [1.54, 1.807) is 0 Å². The van der Waals surface area contributed by atoms with Crippen molar-refractivity contribution in [3.63, 3.8) is 0 Å². The number of carboxylic acids is 1. The lowest BCUT2D eigenvalue weighted by atomic mass is 10.1. The van der Waals surface area contributed by atoms with Crippen molar-refractivity contribution in [3.8, 4) is 11.4 Å². The SMILES string of the molecule is O=C(O)CSc1n[nH]c(-c2ccc3cc(Br)ccc3c2)n1. The predicted molar refractivity (Wildman–Crippen MR) is 85.4 cm³/mol. The van der Waals surface area contributed by atoms with E-state index in [0.717, 1.165) is 32.6 Å². The molecule has 0 saturated carbocycles. The molecule has 7 heteroatoms. The van der Waals surface area contributed by atoms with Crippen LogP contribution >= 0.6 is 27.7 Å². The Labute approximate surface area is 132 Å². The number of halogens is 1. The number of hydrogen-bond acceptors (Lipinski definition) is 4. The zero-order valence-electron chi connectivity index (χ0n) is 10.7. The molecule has 0 aliphatic heterocycles. The van der Waals surface area contributed by atoms with E-state index in [4.69, 9.17) is 5.11 Å². The highest BCUT2D eigenvalue weighted by molar-refractivity contribution is 9.10. The number of thioether (sulfide) groups is 1. The van der Waals surface area contributed by atoms with Crippen molar-refractivity contribution in [1.82, 2.24) is 15.2 Å². The largest absolute Gasteiger partial charge is 0.481 e. The minimum atomic E-state index is -0.886. The Bertz CT molecular complexity index is 819. The van der Waals surface area contributed by atoms with E-state index in [9.17, 15) is 4.79 Å². The Kier molecular flexibility index (Phi) is 3.94. The van der Waals surface area contributed by atoms with Crippen molar-refractivity contribution in [2.75, 3.05) is 5.75 Å². The second-order valence-corrected chi connectivity index (χ2v) is 6.21. The minimum Gasteiger partial charge on any atom is -0.481 e. The summed E-state index contributed by atoms with van der Waals surface area (Å²) in [6.45, 7) is 0. The van der Waals surface area contributed by atoms with Gasteiger partial charge in [-0.3, -0.25) is 9.89 Å². The maximum absolute atomic E-state index is 10.5. The lowest BCUT2D eigenvalue weighted by Gasteiger charge is -2.01. The second-order valence-electron chi connectivity index (χ2n) is 4.36. The van der Waals surface area contributed by atoms with Gasteiger partial charge in [-0.25, -0.2) is 4.98 Å². The fourth-order valence-corrected chi connectivity index (χ4v) is 2.83. The van der Waals surface area contributed by atoms with E-state index in [1.807, 2.05) is 36.4 Å². The van der Waals surface area contributed by atoms with Gasteiger partial charge < -0.3 is 5.11 Å². The fourth-order valence-electron chi connectivity index (χ4n) is 1.93. The Morgan fingerprint density at radius 3 is 2.81 bits per heavy atom. The highest BCUT2D eigenvalue weighted by atomic mass is 79.9. The van der Waals surface area contributed by atoms with Crippen molar-refractivity contribution < 1.29 is 9.90 Å². The minimum absolute atomic E-state index is 0.0525. The number of nitrogens with zero attached hydrogens (tertiary/aromatic N) is 2. The molecule has 1 aromatic heterocycles. The average molecular weight is 364 g/mol. The molecule has 3 rings (SSSR count).